The summed E-state index contributed by atoms with van der Waals surface area (Å²) in [7, 11) is 0. The SMILES string of the molecule is CC(N)c1nnc(Nc2ccc(Br)c(Cl)c2Cl)o1. The van der Waals surface area contributed by atoms with Crippen molar-refractivity contribution in [2.45, 2.75) is 13.0 Å². The van der Waals surface area contributed by atoms with E-state index >= 15 is 0 Å². The standard InChI is InChI=1S/C10H9BrCl2N4O/c1-4(14)9-16-17-10(18-9)15-6-3-2-5(11)7(12)8(6)13/h2-4H,14H2,1H3,(H,15,17). The average Bonchev–Trinajstić information content (AvgIpc) is 2.79. The second-order valence-corrected chi connectivity index (χ2v) is 5.19. The molecular weight excluding hydrogens is 343 g/mol. The summed E-state index contributed by atoms with van der Waals surface area (Å²) in [5.74, 6) is 0.344. The normalized spacial score (nSPS) is 12.5. The highest BCUT2D eigenvalue weighted by Gasteiger charge is 2.13. The van der Waals surface area contributed by atoms with E-state index in [0.717, 1.165) is 0 Å². The molecule has 0 fully saturated rings. The van der Waals surface area contributed by atoms with Crippen molar-refractivity contribution < 1.29 is 4.42 Å². The molecule has 1 aromatic heterocycles. The van der Waals surface area contributed by atoms with Crippen LogP contribution < -0.4 is 11.1 Å². The molecule has 2 rings (SSSR count). The lowest BCUT2D eigenvalue weighted by atomic mass is 10.3. The van der Waals surface area contributed by atoms with Gasteiger partial charge in [-0.2, -0.15) is 0 Å². The Hall–Kier alpha value is -0.820. The first-order chi connectivity index (χ1) is 8.49. The summed E-state index contributed by atoms with van der Waals surface area (Å²) in [6.07, 6.45) is 0. The van der Waals surface area contributed by atoms with Gasteiger partial charge in [0, 0.05) is 4.47 Å². The number of nitrogens with two attached hydrogens (primary N) is 1. The van der Waals surface area contributed by atoms with Crippen molar-refractivity contribution in [2.24, 2.45) is 5.73 Å². The fourth-order valence-corrected chi connectivity index (χ4v) is 2.03. The first kappa shape index (κ1) is 13.6. The zero-order valence-electron chi connectivity index (χ0n) is 9.25. The summed E-state index contributed by atoms with van der Waals surface area (Å²) in [5, 5.41) is 11.3. The molecule has 2 aromatic rings. The predicted octanol–water partition coefficient (Wildman–Crippen LogP) is 3.90. The summed E-state index contributed by atoms with van der Waals surface area (Å²) >= 11 is 15.4. The first-order valence-corrected chi connectivity index (χ1v) is 6.53. The van der Waals surface area contributed by atoms with Crippen molar-refractivity contribution in [3.8, 4) is 0 Å². The van der Waals surface area contributed by atoms with Crippen LogP contribution in [0.1, 0.15) is 18.9 Å². The van der Waals surface area contributed by atoms with Gasteiger partial charge in [-0.1, -0.05) is 28.3 Å². The average molecular weight is 352 g/mol. The molecule has 0 aliphatic heterocycles. The molecule has 96 valence electrons. The highest BCUT2D eigenvalue weighted by Crippen LogP contribution is 2.36. The molecule has 1 aromatic carbocycles. The lowest BCUT2D eigenvalue weighted by Crippen LogP contribution is -2.04. The van der Waals surface area contributed by atoms with Gasteiger partial charge in [-0.25, -0.2) is 0 Å². The summed E-state index contributed by atoms with van der Waals surface area (Å²) < 4.78 is 6.01. The van der Waals surface area contributed by atoms with Gasteiger partial charge in [0.2, 0.25) is 5.89 Å². The molecule has 0 saturated heterocycles. The molecular formula is C10H9BrCl2N4O. The first-order valence-electron chi connectivity index (χ1n) is 4.98. The Bertz CT molecular complexity index is 573. The molecule has 8 heteroatoms. The van der Waals surface area contributed by atoms with Crippen LogP contribution in [-0.4, -0.2) is 10.2 Å². The van der Waals surface area contributed by atoms with Crippen LogP contribution in [0.3, 0.4) is 0 Å². The Morgan fingerprint density at radius 1 is 1.33 bits per heavy atom. The number of benzene rings is 1. The zero-order chi connectivity index (χ0) is 13.3. The Labute approximate surface area is 122 Å². The molecule has 18 heavy (non-hydrogen) atoms. The van der Waals surface area contributed by atoms with E-state index in [-0.39, 0.29) is 12.1 Å². The Kier molecular flexibility index (Phi) is 4.11. The third-order valence-electron chi connectivity index (χ3n) is 2.11. The number of rotatable bonds is 3. The molecule has 1 heterocycles. The molecule has 5 nitrogen and oxygen atoms in total. The zero-order valence-corrected chi connectivity index (χ0v) is 12.3. The number of aromatic nitrogens is 2. The number of nitrogens with zero attached hydrogens (tertiary/aromatic N) is 2. The van der Waals surface area contributed by atoms with E-state index < -0.39 is 0 Å². The van der Waals surface area contributed by atoms with Gasteiger partial charge >= 0.3 is 6.01 Å². The second-order valence-electron chi connectivity index (χ2n) is 3.58. The minimum absolute atomic E-state index is 0.211. The van der Waals surface area contributed by atoms with Gasteiger partial charge in [0.25, 0.3) is 0 Å². The van der Waals surface area contributed by atoms with E-state index in [2.05, 4.69) is 31.4 Å². The van der Waals surface area contributed by atoms with Crippen LogP contribution in [-0.2, 0) is 0 Å². The van der Waals surface area contributed by atoms with E-state index in [0.29, 0.717) is 26.1 Å². The van der Waals surface area contributed by atoms with Crippen molar-refractivity contribution in [3.05, 3.63) is 32.5 Å². The Balaban J connectivity index is 2.26. The highest BCUT2D eigenvalue weighted by atomic mass is 79.9. The molecule has 0 radical (unpaired) electrons. The summed E-state index contributed by atoms with van der Waals surface area (Å²) in [6.45, 7) is 1.75. The minimum Gasteiger partial charge on any atom is -0.406 e. The quantitative estimate of drug-likeness (QED) is 0.820. The maximum Gasteiger partial charge on any atom is 0.320 e. The summed E-state index contributed by atoms with van der Waals surface area (Å²) in [6, 6.07) is 3.40. The van der Waals surface area contributed by atoms with Crippen molar-refractivity contribution in [3.63, 3.8) is 0 Å². The van der Waals surface area contributed by atoms with Crippen LogP contribution in [0.5, 0.6) is 0 Å². The van der Waals surface area contributed by atoms with Crippen LogP contribution >= 0.6 is 39.1 Å². The highest BCUT2D eigenvalue weighted by molar-refractivity contribution is 9.10. The molecule has 0 saturated carbocycles. The predicted molar refractivity (Wildman–Crippen MR) is 74.3 cm³/mol. The van der Waals surface area contributed by atoms with E-state index in [1.807, 2.05) is 0 Å². The van der Waals surface area contributed by atoms with Crippen molar-refractivity contribution in [1.82, 2.24) is 10.2 Å². The number of anilines is 2. The maximum absolute atomic E-state index is 6.08. The molecule has 1 unspecified atom stereocenters. The van der Waals surface area contributed by atoms with Crippen LogP contribution in [0.4, 0.5) is 11.7 Å². The largest absolute Gasteiger partial charge is 0.406 e. The van der Waals surface area contributed by atoms with E-state index in [1.54, 1.807) is 19.1 Å². The molecule has 3 N–H and O–H groups in total. The van der Waals surface area contributed by atoms with Crippen molar-refractivity contribution >= 4 is 50.8 Å². The van der Waals surface area contributed by atoms with Gasteiger partial charge in [0.15, 0.2) is 0 Å². The second kappa shape index (κ2) is 5.44. The third-order valence-corrected chi connectivity index (χ3v) is 3.88. The van der Waals surface area contributed by atoms with Crippen LogP contribution in [0.2, 0.25) is 10.0 Å². The molecule has 0 bridgehead atoms. The number of halogens is 3. The molecule has 1 atom stereocenters. The number of hydrogen-bond acceptors (Lipinski definition) is 5. The molecule has 0 amide bonds. The van der Waals surface area contributed by atoms with Crippen molar-refractivity contribution in [1.29, 1.82) is 0 Å². The number of nitrogens with one attached hydrogen (secondary N) is 1. The van der Waals surface area contributed by atoms with Crippen LogP contribution in [0, 0.1) is 0 Å². The van der Waals surface area contributed by atoms with Gasteiger partial charge in [-0.05, 0) is 35.0 Å². The minimum atomic E-state index is -0.322. The van der Waals surface area contributed by atoms with Gasteiger partial charge in [-0.15, -0.1) is 5.10 Å². The summed E-state index contributed by atoms with van der Waals surface area (Å²) in [5.41, 5.74) is 6.19. The van der Waals surface area contributed by atoms with Crippen LogP contribution in [0.15, 0.2) is 21.0 Å². The lowest BCUT2D eigenvalue weighted by molar-refractivity contribution is 0.475. The van der Waals surface area contributed by atoms with Gasteiger partial charge in [0.05, 0.1) is 21.8 Å². The Morgan fingerprint density at radius 2 is 2.06 bits per heavy atom. The third kappa shape index (κ3) is 2.77. The maximum atomic E-state index is 6.08. The Morgan fingerprint density at radius 3 is 2.67 bits per heavy atom. The fourth-order valence-electron chi connectivity index (χ4n) is 1.21. The van der Waals surface area contributed by atoms with Crippen LogP contribution in [0.25, 0.3) is 0 Å². The van der Waals surface area contributed by atoms with E-state index in [9.17, 15) is 0 Å². The lowest BCUT2D eigenvalue weighted by Gasteiger charge is -2.06. The number of hydrogen-bond donors (Lipinski definition) is 2. The van der Waals surface area contributed by atoms with E-state index in [4.69, 9.17) is 33.4 Å². The van der Waals surface area contributed by atoms with Gasteiger partial charge in [0.1, 0.15) is 0 Å². The topological polar surface area (TPSA) is 77.0 Å². The van der Waals surface area contributed by atoms with E-state index in [1.165, 1.54) is 0 Å². The molecule has 0 aliphatic carbocycles. The monoisotopic (exact) mass is 350 g/mol. The smallest absolute Gasteiger partial charge is 0.320 e. The fraction of sp³-hybridized carbons (Fsp3) is 0.200. The molecule has 0 spiro atoms. The van der Waals surface area contributed by atoms with Gasteiger partial charge < -0.3 is 15.5 Å². The van der Waals surface area contributed by atoms with Gasteiger partial charge in [-0.3, -0.25) is 0 Å². The van der Waals surface area contributed by atoms with Crippen molar-refractivity contribution in [2.75, 3.05) is 5.32 Å². The molecule has 0 aliphatic rings. The summed E-state index contributed by atoms with van der Waals surface area (Å²) in [4.78, 5) is 0.